The smallest absolute Gasteiger partial charge is 0.407 e. The van der Waals surface area contributed by atoms with Gasteiger partial charge in [-0.15, -0.1) is 0 Å². The molecule has 1 N–H and O–H groups in total. The van der Waals surface area contributed by atoms with Crippen LogP contribution in [-0.4, -0.2) is 32.0 Å². The zero-order valence-electron chi connectivity index (χ0n) is 8.21. The first-order chi connectivity index (χ1) is 6.27. The van der Waals surface area contributed by atoms with E-state index in [4.69, 9.17) is 9.47 Å². The van der Waals surface area contributed by atoms with Crippen LogP contribution < -0.4 is 5.32 Å². The second-order valence-electron chi connectivity index (χ2n) is 3.18. The molecule has 4 heteroatoms. The van der Waals surface area contributed by atoms with E-state index < -0.39 is 0 Å². The molecule has 0 aliphatic heterocycles. The molecule has 4 nitrogen and oxygen atoms in total. The van der Waals surface area contributed by atoms with Crippen molar-refractivity contribution in [3.63, 3.8) is 0 Å². The third-order valence-electron chi connectivity index (χ3n) is 2.33. The largest absolute Gasteiger partial charge is 0.450 e. The van der Waals surface area contributed by atoms with Crippen molar-refractivity contribution in [3.8, 4) is 0 Å². The lowest BCUT2D eigenvalue weighted by molar-refractivity contribution is 0.0791. The number of methoxy groups -OCH3 is 1. The van der Waals surface area contributed by atoms with Crippen LogP contribution in [0.5, 0.6) is 0 Å². The normalized spacial score (nSPS) is 27.2. The number of rotatable bonds is 3. The monoisotopic (exact) mass is 187 g/mol. The van der Waals surface area contributed by atoms with E-state index in [2.05, 4.69) is 5.32 Å². The van der Waals surface area contributed by atoms with Gasteiger partial charge >= 0.3 is 6.09 Å². The van der Waals surface area contributed by atoms with Crippen LogP contribution in [0.15, 0.2) is 0 Å². The summed E-state index contributed by atoms with van der Waals surface area (Å²) in [6.45, 7) is 2.21. The van der Waals surface area contributed by atoms with E-state index in [0.29, 0.717) is 6.61 Å². The van der Waals surface area contributed by atoms with Crippen molar-refractivity contribution in [1.29, 1.82) is 0 Å². The number of carbonyl (C=O) groups excluding carboxylic acids is 1. The van der Waals surface area contributed by atoms with Crippen LogP contribution in [0, 0.1) is 0 Å². The summed E-state index contributed by atoms with van der Waals surface area (Å²) in [5, 5.41) is 2.79. The Kier molecular flexibility index (Phi) is 4.02. The number of nitrogens with one attached hydrogen (secondary N) is 1. The van der Waals surface area contributed by atoms with Crippen molar-refractivity contribution >= 4 is 6.09 Å². The van der Waals surface area contributed by atoms with E-state index in [0.717, 1.165) is 19.3 Å². The number of hydrogen-bond acceptors (Lipinski definition) is 3. The van der Waals surface area contributed by atoms with Gasteiger partial charge in [-0.2, -0.15) is 0 Å². The first-order valence-corrected chi connectivity index (χ1v) is 4.74. The summed E-state index contributed by atoms with van der Waals surface area (Å²) >= 11 is 0. The van der Waals surface area contributed by atoms with Gasteiger partial charge in [0.15, 0.2) is 0 Å². The highest BCUT2D eigenvalue weighted by Crippen LogP contribution is 2.21. The summed E-state index contributed by atoms with van der Waals surface area (Å²) < 4.78 is 10.0. The van der Waals surface area contributed by atoms with Crippen molar-refractivity contribution in [2.45, 2.75) is 38.3 Å². The van der Waals surface area contributed by atoms with Crippen LogP contribution in [0.1, 0.15) is 26.2 Å². The van der Waals surface area contributed by atoms with Crippen molar-refractivity contribution in [3.05, 3.63) is 0 Å². The number of hydrogen-bond donors (Lipinski definition) is 1. The molecule has 0 spiro atoms. The van der Waals surface area contributed by atoms with Gasteiger partial charge in [-0.05, 0) is 26.2 Å². The molecular formula is C9H17NO3. The van der Waals surface area contributed by atoms with Gasteiger partial charge in [0.05, 0.1) is 18.8 Å². The van der Waals surface area contributed by atoms with Gasteiger partial charge in [-0.25, -0.2) is 4.79 Å². The quantitative estimate of drug-likeness (QED) is 0.724. The average Bonchev–Trinajstić information content (AvgIpc) is 2.52. The third kappa shape index (κ3) is 2.88. The van der Waals surface area contributed by atoms with E-state index in [1.807, 2.05) is 0 Å². The summed E-state index contributed by atoms with van der Waals surface area (Å²) in [6.07, 6.45) is 2.93. The second kappa shape index (κ2) is 5.07. The predicted octanol–water partition coefficient (Wildman–Crippen LogP) is 1.30. The fourth-order valence-corrected chi connectivity index (χ4v) is 1.70. The van der Waals surface area contributed by atoms with Crippen LogP contribution in [-0.2, 0) is 9.47 Å². The third-order valence-corrected chi connectivity index (χ3v) is 2.33. The molecule has 0 radical (unpaired) electrons. The summed E-state index contributed by atoms with van der Waals surface area (Å²) in [7, 11) is 1.68. The van der Waals surface area contributed by atoms with Crippen LogP contribution in [0.25, 0.3) is 0 Å². The van der Waals surface area contributed by atoms with E-state index in [1.165, 1.54) is 0 Å². The highest BCUT2D eigenvalue weighted by Gasteiger charge is 2.28. The zero-order valence-corrected chi connectivity index (χ0v) is 8.21. The highest BCUT2D eigenvalue weighted by molar-refractivity contribution is 5.67. The van der Waals surface area contributed by atoms with E-state index >= 15 is 0 Å². The molecule has 76 valence electrons. The Morgan fingerprint density at radius 2 is 2.31 bits per heavy atom. The fraction of sp³-hybridized carbons (Fsp3) is 0.889. The summed E-state index contributed by atoms with van der Waals surface area (Å²) in [5.41, 5.74) is 0. The summed E-state index contributed by atoms with van der Waals surface area (Å²) in [4.78, 5) is 11.1. The van der Waals surface area contributed by atoms with Crippen molar-refractivity contribution in [2.24, 2.45) is 0 Å². The lowest BCUT2D eigenvalue weighted by Crippen LogP contribution is -2.40. The molecule has 0 aromatic heterocycles. The molecular weight excluding hydrogens is 170 g/mol. The van der Waals surface area contributed by atoms with Crippen LogP contribution in [0.3, 0.4) is 0 Å². The predicted molar refractivity (Wildman–Crippen MR) is 48.6 cm³/mol. The van der Waals surface area contributed by atoms with Crippen LogP contribution >= 0.6 is 0 Å². The molecule has 1 fully saturated rings. The van der Waals surface area contributed by atoms with Crippen molar-refractivity contribution in [2.75, 3.05) is 13.7 Å². The first kappa shape index (κ1) is 10.3. The minimum atomic E-state index is -0.337. The van der Waals surface area contributed by atoms with Gasteiger partial charge in [0.1, 0.15) is 0 Å². The minimum Gasteiger partial charge on any atom is -0.450 e. The maximum atomic E-state index is 11.1. The Morgan fingerprint density at radius 3 is 2.92 bits per heavy atom. The lowest BCUT2D eigenvalue weighted by atomic mass is 10.2. The maximum absolute atomic E-state index is 11.1. The van der Waals surface area contributed by atoms with Gasteiger partial charge in [0, 0.05) is 7.11 Å². The summed E-state index contributed by atoms with van der Waals surface area (Å²) in [6, 6.07) is 0.129. The molecule has 2 atom stereocenters. The number of amides is 1. The molecule has 0 saturated heterocycles. The average molecular weight is 187 g/mol. The topological polar surface area (TPSA) is 47.6 Å². The van der Waals surface area contributed by atoms with Crippen LogP contribution in [0.2, 0.25) is 0 Å². The van der Waals surface area contributed by atoms with Gasteiger partial charge in [0.2, 0.25) is 0 Å². The zero-order chi connectivity index (χ0) is 9.68. The van der Waals surface area contributed by atoms with Crippen LogP contribution in [0.4, 0.5) is 4.79 Å². The molecule has 1 aliphatic rings. The molecule has 2 unspecified atom stereocenters. The van der Waals surface area contributed by atoms with Crippen molar-refractivity contribution in [1.82, 2.24) is 5.32 Å². The first-order valence-electron chi connectivity index (χ1n) is 4.74. The molecule has 13 heavy (non-hydrogen) atoms. The Bertz CT molecular complexity index is 172. The molecule has 0 bridgehead atoms. The highest BCUT2D eigenvalue weighted by atomic mass is 16.5. The Labute approximate surface area is 78.6 Å². The fourth-order valence-electron chi connectivity index (χ4n) is 1.70. The van der Waals surface area contributed by atoms with E-state index in [-0.39, 0.29) is 18.2 Å². The number of alkyl carbamates (subject to hydrolysis) is 1. The molecule has 0 aromatic carbocycles. The summed E-state index contributed by atoms with van der Waals surface area (Å²) in [5.74, 6) is 0. The van der Waals surface area contributed by atoms with Gasteiger partial charge in [-0.1, -0.05) is 0 Å². The van der Waals surface area contributed by atoms with Crippen molar-refractivity contribution < 1.29 is 14.3 Å². The molecule has 1 amide bonds. The van der Waals surface area contributed by atoms with E-state index in [9.17, 15) is 4.79 Å². The molecule has 1 aliphatic carbocycles. The SMILES string of the molecule is CCOC(=O)NC1CCCC1OC. The molecule has 1 saturated carbocycles. The minimum absolute atomic E-state index is 0.129. The standard InChI is InChI=1S/C9H17NO3/c1-3-13-9(11)10-7-5-4-6-8(7)12-2/h7-8H,3-6H2,1-2H3,(H,10,11). The molecule has 1 rings (SSSR count). The number of ether oxygens (including phenoxy) is 2. The molecule has 0 aromatic rings. The van der Waals surface area contributed by atoms with Gasteiger partial charge in [-0.3, -0.25) is 0 Å². The van der Waals surface area contributed by atoms with Gasteiger partial charge < -0.3 is 14.8 Å². The van der Waals surface area contributed by atoms with Gasteiger partial charge in [0.25, 0.3) is 0 Å². The Morgan fingerprint density at radius 1 is 1.54 bits per heavy atom. The van der Waals surface area contributed by atoms with E-state index in [1.54, 1.807) is 14.0 Å². The Balaban J connectivity index is 2.30. The number of carbonyl (C=O) groups is 1. The second-order valence-corrected chi connectivity index (χ2v) is 3.18. The molecule has 0 heterocycles. The lowest BCUT2D eigenvalue weighted by Gasteiger charge is -2.18. The Hall–Kier alpha value is -0.770. The maximum Gasteiger partial charge on any atom is 0.407 e.